The van der Waals surface area contributed by atoms with Gasteiger partial charge in [0.15, 0.2) is 17.5 Å². The largest absolute Gasteiger partial charge is 0.416 e. The second kappa shape index (κ2) is 12.0. The van der Waals surface area contributed by atoms with Crippen molar-refractivity contribution in [2.45, 2.75) is 12.6 Å². The summed E-state index contributed by atoms with van der Waals surface area (Å²) in [5.74, 6) is 1.30. The van der Waals surface area contributed by atoms with Gasteiger partial charge < -0.3 is 4.57 Å². The van der Waals surface area contributed by atoms with Crippen molar-refractivity contribution < 1.29 is 13.2 Å². The number of hydrogen-bond acceptors (Lipinski definition) is 5. The van der Waals surface area contributed by atoms with Crippen LogP contribution in [0.4, 0.5) is 13.2 Å². The van der Waals surface area contributed by atoms with Crippen LogP contribution in [0.25, 0.3) is 67.2 Å². The van der Waals surface area contributed by atoms with E-state index in [1.165, 1.54) is 12.2 Å². The molecule has 0 saturated heterocycles. The average molecular weight is 657 g/mol. The number of hydrogen-bond donors (Lipinski definition) is 0. The van der Waals surface area contributed by atoms with Crippen LogP contribution >= 0.6 is 0 Å². The van der Waals surface area contributed by atoms with Crippen molar-refractivity contribution >= 4 is 27.4 Å². The Morgan fingerprint density at radius 3 is 1.60 bits per heavy atom. The third-order valence-electron chi connectivity index (χ3n) is 8.77. The molecule has 1 aliphatic rings. The Morgan fingerprint density at radius 1 is 0.600 bits per heavy atom. The van der Waals surface area contributed by atoms with Crippen LogP contribution in [-0.4, -0.2) is 25.7 Å². The third kappa shape index (κ3) is 5.37. The van der Waals surface area contributed by atoms with E-state index in [-0.39, 0.29) is 6.42 Å². The lowest BCUT2D eigenvalue weighted by Gasteiger charge is -2.17. The number of nitriles is 2. The summed E-state index contributed by atoms with van der Waals surface area (Å²) in [6.07, 6.45) is -2.06. The van der Waals surface area contributed by atoms with Crippen molar-refractivity contribution in [1.29, 1.82) is 10.5 Å². The molecule has 0 unspecified atom stereocenters. The number of aromatic nitrogens is 4. The molecule has 0 fully saturated rings. The van der Waals surface area contributed by atoms with Gasteiger partial charge in [0, 0.05) is 33.0 Å². The first-order valence-electron chi connectivity index (χ1n) is 15.7. The SMILES string of the molecule is N#Cc1ccc2c3ccc(C#N)cc3n(-c3cc(-c4nc(-c5ccccc5)nc(-c5ccccc5)n4)ccc3C3=CC(C(F)(F)F)=CC3)c2c1. The Labute approximate surface area is 284 Å². The zero-order valence-corrected chi connectivity index (χ0v) is 26.1. The molecule has 0 saturated carbocycles. The van der Waals surface area contributed by atoms with Crippen LogP contribution in [-0.2, 0) is 0 Å². The van der Waals surface area contributed by atoms with Crippen molar-refractivity contribution in [3.63, 3.8) is 0 Å². The molecule has 50 heavy (non-hydrogen) atoms. The van der Waals surface area contributed by atoms with Crippen LogP contribution in [0.1, 0.15) is 23.1 Å². The normalized spacial score (nSPS) is 12.8. The Hall–Kier alpha value is -6.84. The number of allylic oxidation sites excluding steroid dienone is 4. The first kappa shape index (κ1) is 30.5. The van der Waals surface area contributed by atoms with Crippen molar-refractivity contribution in [2.75, 3.05) is 0 Å². The van der Waals surface area contributed by atoms with Gasteiger partial charge in [-0.25, -0.2) is 15.0 Å². The second-order valence-corrected chi connectivity index (χ2v) is 11.8. The van der Waals surface area contributed by atoms with Crippen molar-refractivity contribution in [3.8, 4) is 52.0 Å². The number of alkyl halides is 3. The maximum Gasteiger partial charge on any atom is 0.416 e. The zero-order valence-electron chi connectivity index (χ0n) is 26.1. The van der Waals surface area contributed by atoms with E-state index >= 15 is 0 Å². The van der Waals surface area contributed by atoms with E-state index in [1.807, 2.05) is 83.4 Å². The van der Waals surface area contributed by atoms with Gasteiger partial charge in [-0.05, 0) is 48.4 Å². The first-order chi connectivity index (χ1) is 24.3. The Morgan fingerprint density at radius 2 is 1.12 bits per heavy atom. The van der Waals surface area contributed by atoms with E-state index in [0.717, 1.165) is 21.9 Å². The number of halogens is 3. The van der Waals surface area contributed by atoms with Crippen molar-refractivity contribution in [3.05, 3.63) is 150 Å². The predicted octanol–water partition coefficient (Wildman–Crippen LogP) is 9.99. The fourth-order valence-corrected chi connectivity index (χ4v) is 6.39. The topological polar surface area (TPSA) is 91.2 Å². The number of fused-ring (bicyclic) bond motifs is 3. The average Bonchev–Trinajstić information content (AvgIpc) is 3.78. The van der Waals surface area contributed by atoms with Gasteiger partial charge in [0.25, 0.3) is 0 Å². The lowest BCUT2D eigenvalue weighted by Crippen LogP contribution is -2.08. The molecule has 2 aromatic heterocycles. The molecular weight excluding hydrogens is 633 g/mol. The summed E-state index contributed by atoms with van der Waals surface area (Å²) in [5.41, 5.74) is 5.24. The molecule has 0 N–H and O–H groups in total. The predicted molar refractivity (Wildman–Crippen MR) is 187 cm³/mol. The molecule has 1 aliphatic carbocycles. The van der Waals surface area contributed by atoms with Crippen molar-refractivity contribution in [2.24, 2.45) is 0 Å². The van der Waals surface area contributed by atoms with E-state index in [2.05, 4.69) is 12.1 Å². The lowest BCUT2D eigenvalue weighted by molar-refractivity contribution is -0.0880. The van der Waals surface area contributed by atoms with E-state index in [0.29, 0.717) is 62.0 Å². The molecule has 0 atom stereocenters. The van der Waals surface area contributed by atoms with Crippen LogP contribution in [0.5, 0.6) is 0 Å². The minimum atomic E-state index is -4.50. The minimum absolute atomic E-state index is 0.0767. The van der Waals surface area contributed by atoms with Crippen LogP contribution in [0.15, 0.2) is 133 Å². The van der Waals surface area contributed by atoms with Gasteiger partial charge in [0.2, 0.25) is 0 Å². The van der Waals surface area contributed by atoms with Gasteiger partial charge in [0.05, 0.1) is 45.6 Å². The Balaban J connectivity index is 1.43. The van der Waals surface area contributed by atoms with Crippen LogP contribution < -0.4 is 0 Å². The van der Waals surface area contributed by atoms with Gasteiger partial charge in [-0.2, -0.15) is 23.7 Å². The second-order valence-electron chi connectivity index (χ2n) is 11.8. The highest BCUT2D eigenvalue weighted by molar-refractivity contribution is 6.10. The molecule has 8 rings (SSSR count). The summed E-state index contributed by atoms with van der Waals surface area (Å²) < 4.78 is 43.5. The summed E-state index contributed by atoms with van der Waals surface area (Å²) in [6, 6.07) is 39.6. The summed E-state index contributed by atoms with van der Waals surface area (Å²) >= 11 is 0. The zero-order chi connectivity index (χ0) is 34.4. The smallest absolute Gasteiger partial charge is 0.309 e. The molecule has 0 spiro atoms. The van der Waals surface area contributed by atoms with Gasteiger partial charge in [-0.1, -0.05) is 91.0 Å². The molecule has 2 heterocycles. The molecule has 0 aliphatic heterocycles. The number of benzene rings is 5. The van der Waals surface area contributed by atoms with Crippen LogP contribution in [0.3, 0.4) is 0 Å². The summed E-state index contributed by atoms with van der Waals surface area (Å²) in [7, 11) is 0. The van der Waals surface area contributed by atoms with E-state index in [9.17, 15) is 23.7 Å². The molecular formula is C41H23F3N6. The summed E-state index contributed by atoms with van der Waals surface area (Å²) in [5, 5.41) is 21.3. The van der Waals surface area contributed by atoms with Crippen molar-refractivity contribution in [1.82, 2.24) is 19.5 Å². The number of rotatable bonds is 5. The molecule has 0 amide bonds. The highest BCUT2D eigenvalue weighted by atomic mass is 19.4. The molecule has 6 nitrogen and oxygen atoms in total. The molecule has 0 bridgehead atoms. The highest BCUT2D eigenvalue weighted by Gasteiger charge is 2.34. The standard InChI is InChI=1S/C41H23F3N6/c42-41(43,44)31-15-13-29(21-31)32-18-14-30(40-48-38(27-7-3-1-4-8-27)47-39(49-40)28-9-5-2-6-10-28)22-37(32)50-35-19-25(23-45)11-16-33(35)34-17-12-26(24-46)20-36(34)50/h1-12,14-22H,13H2. The molecule has 5 aromatic carbocycles. The monoisotopic (exact) mass is 656 g/mol. The lowest BCUT2D eigenvalue weighted by atomic mass is 9.99. The Bertz CT molecular complexity index is 2490. The van der Waals surface area contributed by atoms with Gasteiger partial charge in [0.1, 0.15) is 0 Å². The van der Waals surface area contributed by atoms with E-state index < -0.39 is 11.7 Å². The fourth-order valence-electron chi connectivity index (χ4n) is 6.39. The first-order valence-corrected chi connectivity index (χ1v) is 15.7. The molecule has 7 aromatic rings. The summed E-state index contributed by atoms with van der Waals surface area (Å²) in [4.78, 5) is 14.6. The minimum Gasteiger partial charge on any atom is -0.309 e. The van der Waals surface area contributed by atoms with Gasteiger partial charge in [-0.15, -0.1) is 0 Å². The van der Waals surface area contributed by atoms with Crippen LogP contribution in [0.2, 0.25) is 0 Å². The number of nitrogens with zero attached hydrogens (tertiary/aromatic N) is 6. The molecule has 238 valence electrons. The van der Waals surface area contributed by atoms with E-state index in [1.54, 1.807) is 36.4 Å². The van der Waals surface area contributed by atoms with E-state index in [4.69, 9.17) is 15.0 Å². The summed E-state index contributed by atoms with van der Waals surface area (Å²) in [6.45, 7) is 0. The fraction of sp³-hybridized carbons (Fsp3) is 0.0488. The van der Waals surface area contributed by atoms with Gasteiger partial charge >= 0.3 is 6.18 Å². The maximum absolute atomic E-state index is 13.8. The third-order valence-corrected chi connectivity index (χ3v) is 8.77. The quantitative estimate of drug-likeness (QED) is 0.184. The molecule has 0 radical (unpaired) electrons. The van der Waals surface area contributed by atoms with Gasteiger partial charge in [-0.3, -0.25) is 0 Å². The highest BCUT2D eigenvalue weighted by Crippen LogP contribution is 2.42. The van der Waals surface area contributed by atoms with Crippen LogP contribution in [0, 0.1) is 22.7 Å². The molecule has 9 heteroatoms. The Kier molecular flexibility index (Phi) is 7.32. The maximum atomic E-state index is 13.8.